The summed E-state index contributed by atoms with van der Waals surface area (Å²) in [5, 5.41) is 19.8. The van der Waals surface area contributed by atoms with Crippen molar-refractivity contribution in [2.45, 2.75) is 33.2 Å². The number of anilines is 1. The minimum absolute atomic E-state index is 0.0757. The van der Waals surface area contributed by atoms with Crippen LogP contribution in [0.3, 0.4) is 0 Å². The first-order valence-electron chi connectivity index (χ1n) is 5.92. The number of hydrogen-bond acceptors (Lipinski definition) is 5. The lowest BCUT2D eigenvalue weighted by Gasteiger charge is -2.26. The van der Waals surface area contributed by atoms with Gasteiger partial charge in [-0.05, 0) is 26.3 Å². The van der Waals surface area contributed by atoms with E-state index in [-0.39, 0.29) is 30.5 Å². The predicted octanol–water partition coefficient (Wildman–Crippen LogP) is 1.99. The van der Waals surface area contributed by atoms with E-state index in [1.165, 1.54) is 6.07 Å². The first-order chi connectivity index (χ1) is 8.82. The Morgan fingerprint density at radius 1 is 1.58 bits per heavy atom. The molecule has 1 heterocycles. The molecule has 1 aromatic rings. The van der Waals surface area contributed by atoms with Gasteiger partial charge >= 0.3 is 11.7 Å². The highest BCUT2D eigenvalue weighted by Gasteiger charge is 2.23. The maximum atomic E-state index is 11.1. The smallest absolute Gasteiger partial charge is 0.311 e. The maximum Gasteiger partial charge on any atom is 0.311 e. The molecular formula is C12H17N3O4. The van der Waals surface area contributed by atoms with Crippen molar-refractivity contribution < 1.29 is 14.8 Å². The monoisotopic (exact) mass is 267 g/mol. The van der Waals surface area contributed by atoms with E-state index in [0.717, 1.165) is 0 Å². The zero-order valence-electron chi connectivity index (χ0n) is 11.2. The van der Waals surface area contributed by atoms with Gasteiger partial charge in [-0.2, -0.15) is 0 Å². The fourth-order valence-electron chi connectivity index (χ4n) is 1.73. The Balaban J connectivity index is 3.14. The molecule has 0 radical (unpaired) electrons. The summed E-state index contributed by atoms with van der Waals surface area (Å²) in [4.78, 5) is 26.9. The third kappa shape index (κ3) is 3.90. The molecule has 0 aliphatic rings. The molecule has 0 bridgehead atoms. The molecule has 0 atom stereocenters. The molecule has 104 valence electrons. The first kappa shape index (κ1) is 14.9. The molecule has 0 aliphatic heterocycles. The number of rotatable bonds is 6. The fraction of sp³-hybridized carbons (Fsp3) is 0.500. The standard InChI is InChI=1S/C12H17N3O4/c1-8(2)14(5-4-11(16)17)12-10(15(18)19)6-9(3)7-13-12/h6-8H,4-5H2,1-3H3,(H,16,17). The van der Waals surface area contributed by atoms with Crippen LogP contribution in [0.1, 0.15) is 25.8 Å². The lowest BCUT2D eigenvalue weighted by molar-refractivity contribution is -0.384. The number of hydrogen-bond donors (Lipinski definition) is 1. The Hall–Kier alpha value is -2.18. The van der Waals surface area contributed by atoms with E-state index in [0.29, 0.717) is 5.56 Å². The second kappa shape index (κ2) is 6.12. The largest absolute Gasteiger partial charge is 0.481 e. The Bertz CT molecular complexity index is 488. The van der Waals surface area contributed by atoms with E-state index < -0.39 is 10.9 Å². The number of aromatic nitrogens is 1. The van der Waals surface area contributed by atoms with Crippen LogP contribution in [0.4, 0.5) is 11.5 Å². The highest BCUT2D eigenvalue weighted by atomic mass is 16.6. The van der Waals surface area contributed by atoms with Crippen molar-refractivity contribution in [3.63, 3.8) is 0 Å². The molecule has 19 heavy (non-hydrogen) atoms. The van der Waals surface area contributed by atoms with Crippen LogP contribution >= 0.6 is 0 Å². The number of aryl methyl sites for hydroxylation is 1. The molecular weight excluding hydrogens is 250 g/mol. The van der Waals surface area contributed by atoms with Crippen LogP contribution in [0.25, 0.3) is 0 Å². The number of nitrogens with zero attached hydrogens (tertiary/aromatic N) is 3. The van der Waals surface area contributed by atoms with Gasteiger partial charge in [-0.3, -0.25) is 14.9 Å². The Morgan fingerprint density at radius 2 is 2.21 bits per heavy atom. The molecule has 0 unspecified atom stereocenters. The van der Waals surface area contributed by atoms with Crippen molar-refractivity contribution in [2.75, 3.05) is 11.4 Å². The topological polar surface area (TPSA) is 96.6 Å². The van der Waals surface area contributed by atoms with Crippen LogP contribution in [0.5, 0.6) is 0 Å². The molecule has 0 saturated heterocycles. The summed E-state index contributed by atoms with van der Waals surface area (Å²) in [5.74, 6) is -0.729. The number of carboxylic acid groups (broad SMARTS) is 1. The Labute approximate surface area is 111 Å². The molecule has 0 aliphatic carbocycles. The zero-order chi connectivity index (χ0) is 14.6. The van der Waals surface area contributed by atoms with Crippen molar-refractivity contribution in [1.82, 2.24) is 4.98 Å². The first-order valence-corrected chi connectivity index (χ1v) is 5.92. The molecule has 0 saturated carbocycles. The van der Waals surface area contributed by atoms with Gasteiger partial charge in [0, 0.05) is 24.8 Å². The summed E-state index contributed by atoms with van der Waals surface area (Å²) in [7, 11) is 0. The van der Waals surface area contributed by atoms with Gasteiger partial charge in [0.2, 0.25) is 5.82 Å². The Morgan fingerprint density at radius 3 is 2.68 bits per heavy atom. The summed E-state index contributed by atoms with van der Waals surface area (Å²) in [6, 6.07) is 1.37. The van der Waals surface area contributed by atoms with E-state index in [4.69, 9.17) is 5.11 Å². The van der Waals surface area contributed by atoms with Crippen LogP contribution in [0.15, 0.2) is 12.3 Å². The van der Waals surface area contributed by atoms with Crippen molar-refractivity contribution in [1.29, 1.82) is 0 Å². The lowest BCUT2D eigenvalue weighted by atomic mass is 10.2. The highest BCUT2D eigenvalue weighted by Crippen LogP contribution is 2.27. The molecule has 0 amide bonds. The second-order valence-electron chi connectivity index (χ2n) is 4.54. The third-order valence-electron chi connectivity index (χ3n) is 2.64. The van der Waals surface area contributed by atoms with Gasteiger partial charge in [0.15, 0.2) is 0 Å². The van der Waals surface area contributed by atoms with Crippen molar-refractivity contribution >= 4 is 17.5 Å². The zero-order valence-corrected chi connectivity index (χ0v) is 11.2. The molecule has 1 N–H and O–H groups in total. The molecule has 0 spiro atoms. The van der Waals surface area contributed by atoms with Gasteiger partial charge in [-0.25, -0.2) is 4.98 Å². The van der Waals surface area contributed by atoms with Crippen LogP contribution in [-0.2, 0) is 4.79 Å². The average Bonchev–Trinajstić information content (AvgIpc) is 2.29. The number of nitro groups is 1. The van der Waals surface area contributed by atoms with Crippen molar-refractivity contribution in [3.8, 4) is 0 Å². The summed E-state index contributed by atoms with van der Waals surface area (Å²) in [6.45, 7) is 5.59. The van der Waals surface area contributed by atoms with E-state index >= 15 is 0 Å². The summed E-state index contributed by atoms with van der Waals surface area (Å²) >= 11 is 0. The lowest BCUT2D eigenvalue weighted by Crippen LogP contribution is -2.34. The molecule has 7 nitrogen and oxygen atoms in total. The van der Waals surface area contributed by atoms with Gasteiger partial charge in [0.25, 0.3) is 0 Å². The number of aliphatic carboxylic acids is 1. The minimum Gasteiger partial charge on any atom is -0.481 e. The van der Waals surface area contributed by atoms with Crippen molar-refractivity contribution in [3.05, 3.63) is 27.9 Å². The SMILES string of the molecule is Cc1cnc(N(CCC(=O)O)C(C)C)c([N+](=O)[O-])c1. The van der Waals surface area contributed by atoms with Crippen LogP contribution in [-0.4, -0.2) is 33.6 Å². The van der Waals surface area contributed by atoms with E-state index in [2.05, 4.69) is 4.98 Å². The molecule has 7 heteroatoms. The number of carbonyl (C=O) groups is 1. The van der Waals surface area contributed by atoms with Gasteiger partial charge in [0.1, 0.15) is 0 Å². The van der Waals surface area contributed by atoms with Gasteiger partial charge in [-0.1, -0.05) is 0 Å². The summed E-state index contributed by atoms with van der Waals surface area (Å²) in [5.41, 5.74) is 0.594. The normalized spacial score (nSPS) is 10.5. The van der Waals surface area contributed by atoms with Crippen LogP contribution < -0.4 is 4.90 Å². The predicted molar refractivity (Wildman–Crippen MR) is 70.4 cm³/mol. The van der Waals surface area contributed by atoms with Crippen LogP contribution in [0, 0.1) is 17.0 Å². The maximum absolute atomic E-state index is 11.1. The summed E-state index contributed by atoms with van der Waals surface area (Å²) in [6.07, 6.45) is 1.45. The van der Waals surface area contributed by atoms with Gasteiger partial charge < -0.3 is 10.0 Å². The summed E-state index contributed by atoms with van der Waals surface area (Å²) < 4.78 is 0. The fourth-order valence-corrected chi connectivity index (χ4v) is 1.73. The number of carboxylic acids is 1. The molecule has 0 fully saturated rings. The van der Waals surface area contributed by atoms with Gasteiger partial charge in [0.05, 0.1) is 11.3 Å². The Kier molecular flexibility index (Phi) is 4.80. The highest BCUT2D eigenvalue weighted by molar-refractivity contribution is 5.68. The van der Waals surface area contributed by atoms with Gasteiger partial charge in [-0.15, -0.1) is 0 Å². The van der Waals surface area contributed by atoms with Crippen molar-refractivity contribution in [2.24, 2.45) is 0 Å². The van der Waals surface area contributed by atoms with E-state index in [1.54, 1.807) is 18.0 Å². The molecule has 1 aromatic heterocycles. The molecule has 0 aromatic carbocycles. The van der Waals surface area contributed by atoms with E-state index in [9.17, 15) is 14.9 Å². The molecule has 1 rings (SSSR count). The average molecular weight is 267 g/mol. The second-order valence-corrected chi connectivity index (χ2v) is 4.54. The number of pyridine rings is 1. The third-order valence-corrected chi connectivity index (χ3v) is 2.64. The van der Waals surface area contributed by atoms with Crippen LogP contribution in [0.2, 0.25) is 0 Å². The minimum atomic E-state index is -0.944. The quantitative estimate of drug-likeness (QED) is 0.625. The van der Waals surface area contributed by atoms with E-state index in [1.807, 2.05) is 13.8 Å².